The van der Waals surface area contributed by atoms with E-state index in [0.29, 0.717) is 44.9 Å². The van der Waals surface area contributed by atoms with Gasteiger partial charge in [0.2, 0.25) is 0 Å². The summed E-state index contributed by atoms with van der Waals surface area (Å²) in [6.07, 6.45) is 8.66. The molecule has 3 rings (SSSR count). The Morgan fingerprint density at radius 3 is 1.89 bits per heavy atom. The molecule has 3 unspecified atom stereocenters. The van der Waals surface area contributed by atoms with Crippen molar-refractivity contribution in [3.8, 4) is 0 Å². The predicted octanol–water partition coefficient (Wildman–Crippen LogP) is 1.59. The van der Waals surface area contributed by atoms with Crippen LogP contribution < -0.4 is 0 Å². The van der Waals surface area contributed by atoms with Crippen LogP contribution in [0.5, 0.6) is 0 Å². The standard InChI is InChI=1S/C25H37ClO8.3H2O/c1-3-23(27)32-15-31-19-7-4-16(5-8-19)24(28)34-22-13-6-17(14-21(22)26)25(29)33-20-11-9-18(30-2)10-12-20;;;/h3,16-22H,1,4-15H2,2H3;3*1H2. The molecule has 0 aromatic rings. The van der Waals surface area contributed by atoms with Crippen LogP contribution in [-0.2, 0) is 38.1 Å². The Morgan fingerprint density at radius 2 is 1.32 bits per heavy atom. The molecule has 0 aromatic carbocycles. The van der Waals surface area contributed by atoms with E-state index in [9.17, 15) is 14.4 Å². The summed E-state index contributed by atoms with van der Waals surface area (Å²) in [6, 6.07) is 0. The van der Waals surface area contributed by atoms with Crippen LogP contribution in [0.2, 0.25) is 0 Å². The van der Waals surface area contributed by atoms with Crippen molar-refractivity contribution in [3.05, 3.63) is 12.7 Å². The largest absolute Gasteiger partial charge is 0.462 e. The number of ether oxygens (including phenoxy) is 5. The van der Waals surface area contributed by atoms with Crippen LogP contribution in [0.15, 0.2) is 12.7 Å². The lowest BCUT2D eigenvalue weighted by Gasteiger charge is -2.34. The fourth-order valence-corrected chi connectivity index (χ4v) is 5.43. The zero-order valence-electron chi connectivity index (χ0n) is 21.5. The Bertz CT molecular complexity index is 703. The summed E-state index contributed by atoms with van der Waals surface area (Å²) in [6.45, 7) is 3.22. The minimum atomic E-state index is -0.523. The van der Waals surface area contributed by atoms with Crippen molar-refractivity contribution in [2.24, 2.45) is 11.8 Å². The molecule has 0 aromatic heterocycles. The molecule has 37 heavy (non-hydrogen) atoms. The van der Waals surface area contributed by atoms with Crippen molar-refractivity contribution in [2.45, 2.75) is 100 Å². The van der Waals surface area contributed by atoms with Crippen LogP contribution in [0, 0.1) is 11.8 Å². The van der Waals surface area contributed by atoms with Crippen molar-refractivity contribution >= 4 is 29.5 Å². The van der Waals surface area contributed by atoms with Gasteiger partial charge in [-0.25, -0.2) is 4.79 Å². The number of hydrogen-bond donors (Lipinski definition) is 0. The Morgan fingerprint density at radius 1 is 0.784 bits per heavy atom. The number of esters is 3. The first-order valence-corrected chi connectivity index (χ1v) is 12.8. The van der Waals surface area contributed by atoms with Crippen LogP contribution in [0.3, 0.4) is 0 Å². The first-order chi connectivity index (χ1) is 16.4. The predicted molar refractivity (Wildman–Crippen MR) is 135 cm³/mol. The van der Waals surface area contributed by atoms with Crippen LogP contribution in [0.25, 0.3) is 0 Å². The van der Waals surface area contributed by atoms with Gasteiger partial charge in [0.1, 0.15) is 12.2 Å². The zero-order valence-corrected chi connectivity index (χ0v) is 22.2. The van der Waals surface area contributed by atoms with Gasteiger partial charge in [0.05, 0.1) is 29.4 Å². The highest BCUT2D eigenvalue weighted by Crippen LogP contribution is 2.34. The minimum Gasteiger partial charge on any atom is -0.462 e. The van der Waals surface area contributed by atoms with E-state index in [1.807, 2.05) is 0 Å². The van der Waals surface area contributed by atoms with Gasteiger partial charge in [0.15, 0.2) is 6.79 Å². The Labute approximate surface area is 223 Å². The number of methoxy groups -OCH3 is 1. The normalized spacial score (nSPS) is 31.2. The number of hydrogen-bond acceptors (Lipinski definition) is 8. The lowest BCUT2D eigenvalue weighted by Crippen LogP contribution is -2.40. The van der Waals surface area contributed by atoms with Crippen molar-refractivity contribution < 1.29 is 54.5 Å². The van der Waals surface area contributed by atoms with Crippen LogP contribution in [0.1, 0.15) is 70.6 Å². The average molecular weight is 555 g/mol. The minimum absolute atomic E-state index is 0. The van der Waals surface area contributed by atoms with Crippen molar-refractivity contribution in [2.75, 3.05) is 13.9 Å². The van der Waals surface area contributed by atoms with Gasteiger partial charge in [-0.3, -0.25) is 9.59 Å². The fourth-order valence-electron chi connectivity index (χ4n) is 5.04. The van der Waals surface area contributed by atoms with E-state index in [1.54, 1.807) is 7.11 Å². The highest BCUT2D eigenvalue weighted by Gasteiger charge is 2.38. The third-order valence-electron chi connectivity index (χ3n) is 7.23. The first kappa shape index (κ1) is 35.2. The average Bonchev–Trinajstić information content (AvgIpc) is 2.85. The quantitative estimate of drug-likeness (QED) is 0.135. The molecular weight excluding hydrogens is 512 g/mol. The molecule has 0 amide bonds. The van der Waals surface area contributed by atoms with Crippen LogP contribution in [0.4, 0.5) is 0 Å². The maximum atomic E-state index is 12.7. The molecule has 11 nitrogen and oxygen atoms in total. The molecule has 6 N–H and O–H groups in total. The monoisotopic (exact) mass is 554 g/mol. The van der Waals surface area contributed by atoms with E-state index in [2.05, 4.69) is 6.58 Å². The lowest BCUT2D eigenvalue weighted by molar-refractivity contribution is -0.163. The molecule has 0 saturated heterocycles. The topological polar surface area (TPSA) is 192 Å². The summed E-state index contributed by atoms with van der Waals surface area (Å²) < 4.78 is 27.2. The van der Waals surface area contributed by atoms with Gasteiger partial charge in [-0.05, 0) is 70.6 Å². The van der Waals surface area contributed by atoms with E-state index in [4.69, 9.17) is 35.3 Å². The Hall–Kier alpha value is -1.76. The van der Waals surface area contributed by atoms with Gasteiger partial charge >= 0.3 is 17.9 Å². The Balaban J connectivity index is 0.00000432. The molecule has 216 valence electrons. The molecule has 3 saturated carbocycles. The molecule has 3 fully saturated rings. The second-order valence-corrected chi connectivity index (χ2v) is 10.1. The maximum Gasteiger partial charge on any atom is 0.332 e. The van der Waals surface area contributed by atoms with Gasteiger partial charge in [0, 0.05) is 13.2 Å². The molecule has 0 spiro atoms. The summed E-state index contributed by atoms with van der Waals surface area (Å²) in [5, 5.41) is -0.404. The molecule has 0 radical (unpaired) electrons. The highest BCUT2D eigenvalue weighted by molar-refractivity contribution is 6.21. The second kappa shape index (κ2) is 17.7. The van der Waals surface area contributed by atoms with Crippen molar-refractivity contribution in [1.82, 2.24) is 0 Å². The third kappa shape index (κ3) is 10.9. The van der Waals surface area contributed by atoms with E-state index in [-0.39, 0.29) is 71.4 Å². The summed E-state index contributed by atoms with van der Waals surface area (Å²) >= 11 is 6.53. The number of rotatable bonds is 9. The molecule has 0 bridgehead atoms. The van der Waals surface area contributed by atoms with Crippen LogP contribution in [-0.4, -0.2) is 78.0 Å². The molecule has 0 aliphatic heterocycles. The summed E-state index contributed by atoms with van der Waals surface area (Å²) in [5.74, 6) is -1.38. The molecule has 3 aliphatic carbocycles. The second-order valence-electron chi connectivity index (χ2n) is 9.50. The van der Waals surface area contributed by atoms with Gasteiger partial charge < -0.3 is 40.1 Å². The fraction of sp³-hybridized carbons (Fsp3) is 0.800. The highest BCUT2D eigenvalue weighted by atomic mass is 35.5. The lowest BCUT2D eigenvalue weighted by atomic mass is 9.85. The van der Waals surface area contributed by atoms with Gasteiger partial charge in [0.25, 0.3) is 0 Å². The van der Waals surface area contributed by atoms with E-state index >= 15 is 0 Å². The summed E-state index contributed by atoms with van der Waals surface area (Å²) in [7, 11) is 1.72. The number of halogens is 1. The SMILES string of the molecule is C=CC(=O)OCOC1CCC(C(=O)OC2CCC(C(=O)OC3CCC(OC)CC3)CC2Cl)CC1.O.O.O. The van der Waals surface area contributed by atoms with Gasteiger partial charge in [-0.15, -0.1) is 11.6 Å². The molecule has 3 atom stereocenters. The molecule has 12 heteroatoms. The smallest absolute Gasteiger partial charge is 0.332 e. The first-order valence-electron chi connectivity index (χ1n) is 12.4. The van der Waals surface area contributed by atoms with E-state index in [0.717, 1.165) is 31.8 Å². The van der Waals surface area contributed by atoms with E-state index in [1.165, 1.54) is 0 Å². The van der Waals surface area contributed by atoms with Crippen molar-refractivity contribution in [1.29, 1.82) is 0 Å². The molecule has 3 aliphatic rings. The molecule has 0 heterocycles. The molecular formula is C25H43ClO11. The summed E-state index contributed by atoms with van der Waals surface area (Å²) in [5.41, 5.74) is 0. The van der Waals surface area contributed by atoms with Gasteiger partial charge in [-0.1, -0.05) is 6.58 Å². The maximum absolute atomic E-state index is 12.7. The third-order valence-corrected chi connectivity index (χ3v) is 7.69. The van der Waals surface area contributed by atoms with Crippen LogP contribution >= 0.6 is 11.6 Å². The Kier molecular flexibility index (Phi) is 16.9. The number of alkyl halides is 1. The van der Waals surface area contributed by atoms with Crippen molar-refractivity contribution in [3.63, 3.8) is 0 Å². The zero-order chi connectivity index (χ0) is 24.5. The number of carbonyl (C=O) groups is 3. The number of carbonyl (C=O) groups excluding carboxylic acids is 3. The van der Waals surface area contributed by atoms with Gasteiger partial charge in [-0.2, -0.15) is 0 Å². The summed E-state index contributed by atoms with van der Waals surface area (Å²) in [4.78, 5) is 36.4. The van der Waals surface area contributed by atoms with E-state index < -0.39 is 11.3 Å².